The van der Waals surface area contributed by atoms with Crippen molar-refractivity contribution in [2.24, 2.45) is 4.99 Å². The van der Waals surface area contributed by atoms with Gasteiger partial charge in [0, 0.05) is 38.8 Å². The fourth-order valence-electron chi connectivity index (χ4n) is 2.96. The maximum atomic E-state index is 13.1. The van der Waals surface area contributed by atoms with Crippen molar-refractivity contribution in [3.05, 3.63) is 29.8 Å². The minimum atomic E-state index is -3.49. The molecule has 0 unspecified atom stereocenters. The van der Waals surface area contributed by atoms with Gasteiger partial charge in [-0.3, -0.25) is 0 Å². The predicted molar refractivity (Wildman–Crippen MR) is 104 cm³/mol. The van der Waals surface area contributed by atoms with Gasteiger partial charge in [0.15, 0.2) is 5.96 Å². The number of piperazine rings is 1. The van der Waals surface area contributed by atoms with Gasteiger partial charge in [0.25, 0.3) is 0 Å². The van der Waals surface area contributed by atoms with E-state index in [0.717, 1.165) is 31.2 Å². The molecule has 1 saturated carbocycles. The van der Waals surface area contributed by atoms with Gasteiger partial charge in [0.2, 0.25) is 10.0 Å². The summed E-state index contributed by atoms with van der Waals surface area (Å²) in [6, 6.07) is 7.70. The summed E-state index contributed by atoms with van der Waals surface area (Å²) in [5.41, 5.74) is 0.736. The molecule has 2 N–H and O–H groups in total. The van der Waals surface area contributed by atoms with Crippen molar-refractivity contribution >= 4 is 16.0 Å². The van der Waals surface area contributed by atoms with Gasteiger partial charge in [-0.05, 0) is 38.4 Å². The number of benzene rings is 1. The molecular formula is C18H29N5O2S. The van der Waals surface area contributed by atoms with Crippen LogP contribution in [-0.4, -0.2) is 69.4 Å². The molecule has 1 aromatic rings. The molecule has 7 nitrogen and oxygen atoms in total. The fourth-order valence-corrected chi connectivity index (χ4v) is 4.60. The zero-order chi connectivity index (χ0) is 18.6. The quantitative estimate of drug-likeness (QED) is 0.566. The number of aliphatic imine (C=N–C) groups is 1. The van der Waals surface area contributed by atoms with E-state index >= 15 is 0 Å². The highest BCUT2D eigenvalue weighted by atomic mass is 32.2. The molecule has 0 aromatic heterocycles. The van der Waals surface area contributed by atoms with Crippen molar-refractivity contribution < 1.29 is 8.42 Å². The normalized spacial score (nSPS) is 20.2. The monoisotopic (exact) mass is 379 g/mol. The second kappa shape index (κ2) is 8.37. The van der Waals surface area contributed by atoms with E-state index in [0.29, 0.717) is 30.6 Å². The third-order valence-electron chi connectivity index (χ3n) is 4.72. The largest absolute Gasteiger partial charge is 0.357 e. The molecule has 0 amide bonds. The summed E-state index contributed by atoms with van der Waals surface area (Å²) in [5.74, 6) is 0.752. The maximum absolute atomic E-state index is 13.1. The summed E-state index contributed by atoms with van der Waals surface area (Å²) in [6.45, 7) is 5.72. The highest BCUT2D eigenvalue weighted by Gasteiger charge is 2.29. The van der Waals surface area contributed by atoms with Gasteiger partial charge in [-0.15, -0.1) is 0 Å². The van der Waals surface area contributed by atoms with Crippen LogP contribution in [-0.2, 0) is 16.6 Å². The number of guanidine groups is 1. The highest BCUT2D eigenvalue weighted by Crippen LogP contribution is 2.22. The van der Waals surface area contributed by atoms with Gasteiger partial charge in [0.05, 0.1) is 11.4 Å². The Morgan fingerprint density at radius 3 is 2.54 bits per heavy atom. The van der Waals surface area contributed by atoms with Crippen LogP contribution < -0.4 is 10.6 Å². The predicted octanol–water partition coefficient (Wildman–Crippen LogP) is 0.840. The molecule has 1 aliphatic carbocycles. The van der Waals surface area contributed by atoms with Crippen LogP contribution in [0.1, 0.15) is 25.3 Å². The maximum Gasteiger partial charge on any atom is 0.243 e. The number of nitrogens with zero attached hydrogens (tertiary/aromatic N) is 3. The van der Waals surface area contributed by atoms with E-state index < -0.39 is 10.0 Å². The number of sulfonamides is 1. The van der Waals surface area contributed by atoms with Crippen LogP contribution in [0.2, 0.25) is 0 Å². The minimum Gasteiger partial charge on any atom is -0.357 e. The molecule has 3 rings (SSSR count). The molecular weight excluding hydrogens is 350 g/mol. The van der Waals surface area contributed by atoms with Crippen LogP contribution >= 0.6 is 0 Å². The van der Waals surface area contributed by atoms with E-state index in [1.165, 1.54) is 12.8 Å². The van der Waals surface area contributed by atoms with Crippen LogP contribution in [0, 0.1) is 0 Å². The first-order chi connectivity index (χ1) is 12.5. The summed E-state index contributed by atoms with van der Waals surface area (Å²) in [7, 11) is -1.47. The molecule has 0 radical (unpaired) electrons. The molecule has 1 aromatic carbocycles. The molecule has 8 heteroatoms. The Kier molecular flexibility index (Phi) is 6.16. The molecule has 1 aliphatic heterocycles. The molecule has 1 saturated heterocycles. The van der Waals surface area contributed by atoms with Gasteiger partial charge >= 0.3 is 0 Å². The number of rotatable bonds is 6. The Bertz CT molecular complexity index is 738. The molecule has 0 bridgehead atoms. The van der Waals surface area contributed by atoms with Crippen molar-refractivity contribution in [2.75, 3.05) is 39.8 Å². The minimum absolute atomic E-state index is 0.338. The SMILES string of the molecule is CCNC(=NCc1ccccc1S(=O)(=O)N1CCN(C)CC1)NC1CC1. The van der Waals surface area contributed by atoms with Crippen molar-refractivity contribution in [3.8, 4) is 0 Å². The van der Waals surface area contributed by atoms with Gasteiger partial charge < -0.3 is 15.5 Å². The standard InChI is InChI=1S/C18H29N5O2S/c1-3-19-18(21-16-8-9-16)20-14-15-6-4-5-7-17(15)26(24,25)23-12-10-22(2)11-13-23/h4-7,16H,3,8-14H2,1-2H3,(H2,19,20,21). The summed E-state index contributed by atoms with van der Waals surface area (Å²) < 4.78 is 27.8. The molecule has 2 fully saturated rings. The second-order valence-electron chi connectivity index (χ2n) is 6.93. The average molecular weight is 380 g/mol. The van der Waals surface area contributed by atoms with Crippen molar-refractivity contribution in [2.45, 2.75) is 37.2 Å². The van der Waals surface area contributed by atoms with E-state index in [9.17, 15) is 8.42 Å². The number of likely N-dealkylation sites (N-methyl/N-ethyl adjacent to an activating group) is 1. The van der Waals surface area contributed by atoms with Crippen LogP contribution in [0.25, 0.3) is 0 Å². The third kappa shape index (κ3) is 4.75. The lowest BCUT2D eigenvalue weighted by Crippen LogP contribution is -2.47. The number of nitrogens with one attached hydrogen (secondary N) is 2. The fraction of sp³-hybridized carbons (Fsp3) is 0.611. The Hall–Kier alpha value is -1.64. The van der Waals surface area contributed by atoms with Crippen LogP contribution in [0.3, 0.4) is 0 Å². The van der Waals surface area contributed by atoms with Gasteiger partial charge in [-0.25, -0.2) is 13.4 Å². The van der Waals surface area contributed by atoms with Gasteiger partial charge in [0.1, 0.15) is 0 Å². The number of hydrogen-bond acceptors (Lipinski definition) is 4. The zero-order valence-electron chi connectivity index (χ0n) is 15.6. The summed E-state index contributed by atoms with van der Waals surface area (Å²) >= 11 is 0. The van der Waals surface area contributed by atoms with E-state index in [1.807, 2.05) is 26.1 Å². The molecule has 0 spiro atoms. The average Bonchev–Trinajstić information content (AvgIpc) is 3.44. The Morgan fingerprint density at radius 1 is 1.19 bits per heavy atom. The Balaban J connectivity index is 1.78. The highest BCUT2D eigenvalue weighted by molar-refractivity contribution is 7.89. The van der Waals surface area contributed by atoms with E-state index in [1.54, 1.807) is 16.4 Å². The lowest BCUT2D eigenvalue weighted by atomic mass is 10.2. The van der Waals surface area contributed by atoms with Crippen LogP contribution in [0.4, 0.5) is 0 Å². The van der Waals surface area contributed by atoms with E-state index in [2.05, 4.69) is 20.5 Å². The number of hydrogen-bond donors (Lipinski definition) is 2. The lowest BCUT2D eigenvalue weighted by molar-refractivity contribution is 0.222. The molecule has 144 valence electrons. The van der Waals surface area contributed by atoms with Crippen LogP contribution in [0.5, 0.6) is 0 Å². The first-order valence-corrected chi connectivity index (χ1v) is 10.8. The summed E-state index contributed by atoms with van der Waals surface area (Å²) in [4.78, 5) is 7.12. The first-order valence-electron chi connectivity index (χ1n) is 9.32. The zero-order valence-corrected chi connectivity index (χ0v) is 16.4. The molecule has 26 heavy (non-hydrogen) atoms. The van der Waals surface area contributed by atoms with Crippen molar-refractivity contribution in [1.82, 2.24) is 19.8 Å². The summed E-state index contributed by atoms with van der Waals surface area (Å²) in [5, 5.41) is 6.59. The van der Waals surface area contributed by atoms with Gasteiger partial charge in [-0.2, -0.15) is 4.31 Å². The second-order valence-corrected chi connectivity index (χ2v) is 8.84. The lowest BCUT2D eigenvalue weighted by Gasteiger charge is -2.32. The van der Waals surface area contributed by atoms with Crippen LogP contribution in [0.15, 0.2) is 34.2 Å². The molecule has 2 aliphatic rings. The Morgan fingerprint density at radius 2 is 1.88 bits per heavy atom. The first kappa shape index (κ1) is 19.1. The van der Waals surface area contributed by atoms with E-state index in [-0.39, 0.29) is 0 Å². The van der Waals surface area contributed by atoms with E-state index in [4.69, 9.17) is 0 Å². The smallest absolute Gasteiger partial charge is 0.243 e. The molecule has 0 atom stereocenters. The van der Waals surface area contributed by atoms with Gasteiger partial charge in [-0.1, -0.05) is 18.2 Å². The summed E-state index contributed by atoms with van der Waals surface area (Å²) in [6.07, 6.45) is 2.33. The Labute approximate surface area is 156 Å². The van der Waals surface area contributed by atoms with Crippen molar-refractivity contribution in [3.63, 3.8) is 0 Å². The van der Waals surface area contributed by atoms with Crippen molar-refractivity contribution in [1.29, 1.82) is 0 Å². The third-order valence-corrected chi connectivity index (χ3v) is 6.72. The topological polar surface area (TPSA) is 77.0 Å². The molecule has 1 heterocycles.